The lowest BCUT2D eigenvalue weighted by molar-refractivity contribution is -0.384. The highest BCUT2D eigenvalue weighted by Gasteiger charge is 2.10. The Morgan fingerprint density at radius 2 is 2.10 bits per heavy atom. The summed E-state index contributed by atoms with van der Waals surface area (Å²) >= 11 is 12.7. The quantitative estimate of drug-likeness (QED) is 0.570. The summed E-state index contributed by atoms with van der Waals surface area (Å²) in [4.78, 5) is 14.5. The van der Waals surface area contributed by atoms with Crippen molar-refractivity contribution in [1.29, 1.82) is 0 Å². The van der Waals surface area contributed by atoms with Gasteiger partial charge in [-0.2, -0.15) is 0 Å². The second-order valence-electron chi connectivity index (χ2n) is 3.86. The predicted molar refractivity (Wildman–Crippen MR) is 85.1 cm³/mol. The first-order chi connectivity index (χ1) is 9.47. The molecule has 0 spiro atoms. The van der Waals surface area contributed by atoms with Gasteiger partial charge >= 0.3 is 0 Å². The molecule has 0 atom stereocenters. The van der Waals surface area contributed by atoms with E-state index in [2.05, 4.69) is 42.2 Å². The molecule has 8 heteroatoms. The number of benzene rings is 1. The summed E-state index contributed by atoms with van der Waals surface area (Å²) in [5.74, 6) is 0. The third-order valence-electron chi connectivity index (χ3n) is 2.49. The SMILES string of the molecule is O=[N+]([O-])c1ccc(Cl)c(NCc2ncc(Br)cc2Br)c1. The fraction of sp³-hybridized carbons (Fsp3) is 0.0833. The topological polar surface area (TPSA) is 68.1 Å². The highest BCUT2D eigenvalue weighted by atomic mass is 79.9. The summed E-state index contributed by atoms with van der Waals surface area (Å²) in [5, 5.41) is 14.2. The molecular formula is C12H8Br2ClN3O2. The van der Waals surface area contributed by atoms with Crippen LogP contribution < -0.4 is 5.32 Å². The van der Waals surface area contributed by atoms with Crippen LogP contribution in [0.25, 0.3) is 0 Å². The van der Waals surface area contributed by atoms with Gasteiger partial charge < -0.3 is 5.32 Å². The van der Waals surface area contributed by atoms with Gasteiger partial charge in [-0.1, -0.05) is 11.6 Å². The van der Waals surface area contributed by atoms with Crippen molar-refractivity contribution in [1.82, 2.24) is 4.98 Å². The van der Waals surface area contributed by atoms with Gasteiger partial charge in [0.1, 0.15) is 0 Å². The second-order valence-corrected chi connectivity index (χ2v) is 6.03. The van der Waals surface area contributed by atoms with Crippen molar-refractivity contribution in [2.75, 3.05) is 5.32 Å². The van der Waals surface area contributed by atoms with E-state index in [0.29, 0.717) is 17.3 Å². The molecule has 0 amide bonds. The van der Waals surface area contributed by atoms with Crippen LogP contribution in [0.15, 0.2) is 39.4 Å². The molecule has 1 aromatic heterocycles. The van der Waals surface area contributed by atoms with E-state index >= 15 is 0 Å². The lowest BCUT2D eigenvalue weighted by Crippen LogP contribution is -2.03. The maximum Gasteiger partial charge on any atom is 0.271 e. The first-order valence-electron chi connectivity index (χ1n) is 5.45. The van der Waals surface area contributed by atoms with Crippen molar-refractivity contribution in [2.45, 2.75) is 6.54 Å². The lowest BCUT2D eigenvalue weighted by atomic mass is 10.2. The zero-order valence-corrected chi connectivity index (χ0v) is 13.9. The number of halogens is 3. The average molecular weight is 421 g/mol. The van der Waals surface area contributed by atoms with E-state index in [-0.39, 0.29) is 5.69 Å². The van der Waals surface area contributed by atoms with Crippen LogP contribution in [0.1, 0.15) is 5.69 Å². The molecule has 1 heterocycles. The highest BCUT2D eigenvalue weighted by Crippen LogP contribution is 2.28. The molecule has 0 fully saturated rings. The minimum Gasteiger partial charge on any atom is -0.378 e. The Balaban J connectivity index is 2.18. The van der Waals surface area contributed by atoms with E-state index in [1.165, 1.54) is 18.2 Å². The number of aromatic nitrogens is 1. The van der Waals surface area contributed by atoms with E-state index in [4.69, 9.17) is 11.6 Å². The molecule has 5 nitrogen and oxygen atoms in total. The van der Waals surface area contributed by atoms with Gasteiger partial charge in [0.05, 0.1) is 27.9 Å². The van der Waals surface area contributed by atoms with Crippen molar-refractivity contribution in [3.8, 4) is 0 Å². The largest absolute Gasteiger partial charge is 0.378 e. The molecule has 0 aliphatic heterocycles. The van der Waals surface area contributed by atoms with Crippen LogP contribution in [0.4, 0.5) is 11.4 Å². The van der Waals surface area contributed by atoms with Gasteiger partial charge in [-0.15, -0.1) is 0 Å². The van der Waals surface area contributed by atoms with E-state index in [0.717, 1.165) is 14.6 Å². The Bertz CT molecular complexity index is 667. The third kappa shape index (κ3) is 3.68. The van der Waals surface area contributed by atoms with E-state index in [9.17, 15) is 10.1 Å². The third-order valence-corrected chi connectivity index (χ3v) is 3.94. The Kier molecular flexibility index (Phi) is 4.95. The first-order valence-corrected chi connectivity index (χ1v) is 7.41. The number of nitro groups is 1. The first kappa shape index (κ1) is 15.2. The smallest absolute Gasteiger partial charge is 0.271 e. The van der Waals surface area contributed by atoms with Crippen molar-refractivity contribution >= 4 is 54.8 Å². The van der Waals surface area contributed by atoms with Gasteiger partial charge in [0.2, 0.25) is 0 Å². The van der Waals surface area contributed by atoms with Gasteiger partial charge in [0.25, 0.3) is 5.69 Å². The number of hydrogen-bond donors (Lipinski definition) is 1. The predicted octanol–water partition coefficient (Wildman–Crippen LogP) is 4.78. The van der Waals surface area contributed by atoms with Gasteiger partial charge in [0, 0.05) is 27.3 Å². The molecule has 1 aromatic carbocycles. The minimum absolute atomic E-state index is 0.0141. The van der Waals surface area contributed by atoms with Crippen molar-refractivity contribution in [2.24, 2.45) is 0 Å². The van der Waals surface area contributed by atoms with Gasteiger partial charge in [-0.05, 0) is 44.0 Å². The van der Waals surface area contributed by atoms with Crippen LogP contribution in [-0.2, 0) is 6.54 Å². The summed E-state index contributed by atoms with van der Waals surface area (Å²) in [7, 11) is 0. The molecule has 2 rings (SSSR count). The lowest BCUT2D eigenvalue weighted by Gasteiger charge is -2.09. The molecule has 0 saturated heterocycles. The number of hydrogen-bond acceptors (Lipinski definition) is 4. The Morgan fingerprint density at radius 3 is 2.75 bits per heavy atom. The summed E-state index contributed by atoms with van der Waals surface area (Å²) in [6.07, 6.45) is 1.68. The number of anilines is 1. The molecule has 104 valence electrons. The van der Waals surface area contributed by atoms with Gasteiger partial charge in [-0.25, -0.2) is 0 Å². The summed E-state index contributed by atoms with van der Waals surface area (Å²) in [5.41, 5.74) is 1.26. The molecule has 2 aromatic rings. The molecule has 0 aliphatic carbocycles. The monoisotopic (exact) mass is 419 g/mol. The number of nitro benzene ring substituents is 1. The Hall–Kier alpha value is -1.18. The number of non-ortho nitro benzene ring substituents is 1. The summed E-state index contributed by atoms with van der Waals surface area (Å²) in [6.45, 7) is 0.398. The van der Waals surface area contributed by atoms with Crippen molar-refractivity contribution in [3.63, 3.8) is 0 Å². The van der Waals surface area contributed by atoms with Crippen LogP contribution in [0.5, 0.6) is 0 Å². The van der Waals surface area contributed by atoms with Crippen LogP contribution in [-0.4, -0.2) is 9.91 Å². The van der Waals surface area contributed by atoms with E-state index < -0.39 is 4.92 Å². The van der Waals surface area contributed by atoms with Crippen molar-refractivity contribution < 1.29 is 4.92 Å². The summed E-state index contributed by atoms with van der Waals surface area (Å²) in [6, 6.07) is 6.13. The standard InChI is InChI=1S/C12H8Br2ClN3O2/c13-7-3-9(14)12(16-5-7)6-17-11-4-8(18(19)20)1-2-10(11)15/h1-5,17H,6H2. The number of nitrogens with one attached hydrogen (secondary N) is 1. The summed E-state index contributed by atoms with van der Waals surface area (Å²) < 4.78 is 1.70. The molecule has 0 radical (unpaired) electrons. The molecule has 0 saturated carbocycles. The molecule has 0 aliphatic rings. The molecule has 20 heavy (non-hydrogen) atoms. The second kappa shape index (κ2) is 6.51. The highest BCUT2D eigenvalue weighted by molar-refractivity contribution is 9.11. The maximum absolute atomic E-state index is 10.7. The molecule has 1 N–H and O–H groups in total. The zero-order chi connectivity index (χ0) is 14.7. The van der Waals surface area contributed by atoms with Gasteiger partial charge in [0.15, 0.2) is 0 Å². The zero-order valence-electron chi connectivity index (χ0n) is 9.94. The number of rotatable bonds is 4. The average Bonchev–Trinajstić information content (AvgIpc) is 2.39. The Morgan fingerprint density at radius 1 is 1.35 bits per heavy atom. The van der Waals surface area contributed by atoms with Crippen molar-refractivity contribution in [3.05, 3.63) is 60.2 Å². The van der Waals surface area contributed by atoms with Crippen LogP contribution in [0, 0.1) is 10.1 Å². The maximum atomic E-state index is 10.7. The number of pyridine rings is 1. The van der Waals surface area contributed by atoms with Crippen LogP contribution >= 0.6 is 43.5 Å². The Labute approximate surface area is 136 Å². The van der Waals surface area contributed by atoms with E-state index in [1.807, 2.05) is 6.07 Å². The van der Waals surface area contributed by atoms with Gasteiger partial charge in [-0.3, -0.25) is 15.1 Å². The molecule has 0 unspecified atom stereocenters. The molecule has 0 bridgehead atoms. The number of nitrogens with zero attached hydrogens (tertiary/aromatic N) is 2. The molecular weight excluding hydrogens is 413 g/mol. The fourth-order valence-corrected chi connectivity index (χ4v) is 2.83. The minimum atomic E-state index is -0.463. The van der Waals surface area contributed by atoms with Crippen LogP contribution in [0.3, 0.4) is 0 Å². The van der Waals surface area contributed by atoms with Crippen LogP contribution in [0.2, 0.25) is 5.02 Å². The fourth-order valence-electron chi connectivity index (χ4n) is 1.51. The normalized spacial score (nSPS) is 10.3. The van der Waals surface area contributed by atoms with E-state index in [1.54, 1.807) is 6.20 Å².